The molecule has 1 saturated carbocycles. The molecule has 0 amide bonds. The van der Waals surface area contributed by atoms with Crippen LogP contribution >= 0.6 is 0 Å². The Morgan fingerprint density at radius 1 is 1.10 bits per heavy atom. The fraction of sp³-hybridized carbons (Fsp3) is 0.320. The van der Waals surface area contributed by atoms with Crippen LogP contribution < -0.4 is 5.32 Å². The quantitative estimate of drug-likeness (QED) is 0.449. The summed E-state index contributed by atoms with van der Waals surface area (Å²) in [6, 6.07) is 19.5. The largest absolute Gasteiger partial charge is 0.478 e. The van der Waals surface area contributed by atoms with Crippen LogP contribution in [0.4, 0.5) is 5.69 Å². The van der Waals surface area contributed by atoms with Crippen LogP contribution in [-0.4, -0.2) is 11.1 Å². The molecule has 2 N–H and O–H groups in total. The minimum Gasteiger partial charge on any atom is -0.478 e. The minimum absolute atomic E-state index is 0.113. The first-order valence-corrected chi connectivity index (χ1v) is 10.3. The van der Waals surface area contributed by atoms with E-state index in [4.69, 9.17) is 9.52 Å². The molecule has 0 spiro atoms. The number of aromatic carboxylic acids is 1. The Bertz CT molecular complexity index is 969. The lowest BCUT2D eigenvalue weighted by molar-refractivity contribution is 0.0697. The van der Waals surface area contributed by atoms with E-state index in [2.05, 4.69) is 37.4 Å². The van der Waals surface area contributed by atoms with E-state index in [1.165, 1.54) is 18.4 Å². The van der Waals surface area contributed by atoms with Crippen molar-refractivity contribution in [1.29, 1.82) is 0 Å². The van der Waals surface area contributed by atoms with Crippen LogP contribution in [0, 0.1) is 5.92 Å². The second-order valence-corrected chi connectivity index (χ2v) is 8.28. The Hall–Kier alpha value is -3.01. The molecular formula is C25H27NO3. The van der Waals surface area contributed by atoms with Gasteiger partial charge in [0.15, 0.2) is 0 Å². The minimum atomic E-state index is -0.909. The number of carboxylic acid groups (broad SMARTS) is 1. The summed E-state index contributed by atoms with van der Waals surface area (Å²) in [5.74, 6) is 2.12. The zero-order valence-corrected chi connectivity index (χ0v) is 16.9. The molecule has 0 saturated heterocycles. The summed E-state index contributed by atoms with van der Waals surface area (Å²) in [7, 11) is 0. The van der Waals surface area contributed by atoms with Crippen molar-refractivity contribution in [1.82, 2.24) is 0 Å². The highest BCUT2D eigenvalue weighted by atomic mass is 16.4. The van der Waals surface area contributed by atoms with Gasteiger partial charge in [-0.3, -0.25) is 0 Å². The summed E-state index contributed by atoms with van der Waals surface area (Å²) in [6.07, 6.45) is 3.32. The maximum atomic E-state index is 11.1. The first-order chi connectivity index (χ1) is 14.0. The smallest absolute Gasteiger partial charge is 0.335 e. The van der Waals surface area contributed by atoms with Crippen molar-refractivity contribution in [2.24, 2.45) is 5.92 Å². The van der Waals surface area contributed by atoms with Gasteiger partial charge in [0.25, 0.3) is 0 Å². The molecule has 0 bridgehead atoms. The first-order valence-electron chi connectivity index (χ1n) is 10.3. The maximum Gasteiger partial charge on any atom is 0.335 e. The zero-order valence-electron chi connectivity index (χ0n) is 16.9. The molecule has 0 radical (unpaired) electrons. The molecule has 29 heavy (non-hydrogen) atoms. The summed E-state index contributed by atoms with van der Waals surface area (Å²) in [5.41, 5.74) is 3.53. The van der Waals surface area contributed by atoms with E-state index in [0.717, 1.165) is 29.2 Å². The first kappa shape index (κ1) is 19.3. The molecule has 4 heteroatoms. The lowest BCUT2D eigenvalue weighted by Gasteiger charge is -2.22. The van der Waals surface area contributed by atoms with Gasteiger partial charge in [-0.1, -0.05) is 44.2 Å². The summed E-state index contributed by atoms with van der Waals surface area (Å²) in [6.45, 7) is 4.44. The third-order valence-electron chi connectivity index (χ3n) is 5.35. The fourth-order valence-electron chi connectivity index (χ4n) is 3.75. The second-order valence-electron chi connectivity index (χ2n) is 8.28. The molecule has 150 valence electrons. The maximum absolute atomic E-state index is 11.1. The van der Waals surface area contributed by atoms with Crippen molar-refractivity contribution in [3.63, 3.8) is 0 Å². The van der Waals surface area contributed by atoms with E-state index >= 15 is 0 Å². The third kappa shape index (κ3) is 4.53. The molecule has 1 aliphatic carbocycles. The standard InChI is InChI=1S/C25H27NO3/c1-16(2)14-22(26-20-12-10-19(11-13-20)25(27)28)21-15-23(17-6-4-3-5-7-17)29-24(21)18-8-9-18/h3-7,10-13,15-16,18,22,26H,8-9,14H2,1-2H3,(H,27,28). The molecule has 4 nitrogen and oxygen atoms in total. The van der Waals surface area contributed by atoms with Gasteiger partial charge in [-0.15, -0.1) is 0 Å². The Kier molecular flexibility index (Phi) is 5.43. The van der Waals surface area contributed by atoms with E-state index in [1.807, 2.05) is 30.3 Å². The van der Waals surface area contributed by atoms with Gasteiger partial charge in [-0.05, 0) is 55.5 Å². The van der Waals surface area contributed by atoms with Crippen molar-refractivity contribution < 1.29 is 14.3 Å². The van der Waals surface area contributed by atoms with Crippen molar-refractivity contribution in [3.8, 4) is 11.3 Å². The van der Waals surface area contributed by atoms with Crippen LogP contribution in [0.3, 0.4) is 0 Å². The predicted molar refractivity (Wildman–Crippen MR) is 115 cm³/mol. The van der Waals surface area contributed by atoms with Gasteiger partial charge in [-0.2, -0.15) is 0 Å². The molecule has 1 heterocycles. The highest BCUT2D eigenvalue weighted by Gasteiger charge is 2.33. The van der Waals surface area contributed by atoms with Crippen molar-refractivity contribution in [2.45, 2.75) is 45.1 Å². The molecule has 4 rings (SSSR count). The van der Waals surface area contributed by atoms with E-state index in [-0.39, 0.29) is 6.04 Å². The number of hydrogen-bond acceptors (Lipinski definition) is 3. The summed E-state index contributed by atoms with van der Waals surface area (Å²) in [4.78, 5) is 11.1. The van der Waals surface area contributed by atoms with Crippen LogP contribution in [0.25, 0.3) is 11.3 Å². The summed E-state index contributed by atoms with van der Waals surface area (Å²) in [5, 5.41) is 12.8. The molecule has 1 fully saturated rings. The average Bonchev–Trinajstić information content (AvgIpc) is 3.46. The predicted octanol–water partition coefficient (Wildman–Crippen LogP) is 6.72. The van der Waals surface area contributed by atoms with Crippen molar-refractivity contribution in [3.05, 3.63) is 77.6 Å². The number of benzene rings is 2. The Labute approximate surface area is 171 Å². The number of anilines is 1. The number of carboxylic acids is 1. The lowest BCUT2D eigenvalue weighted by Crippen LogP contribution is -2.14. The Morgan fingerprint density at radius 2 is 1.79 bits per heavy atom. The van der Waals surface area contributed by atoms with E-state index in [0.29, 0.717) is 17.4 Å². The highest BCUT2D eigenvalue weighted by Crippen LogP contribution is 2.47. The van der Waals surface area contributed by atoms with E-state index < -0.39 is 5.97 Å². The van der Waals surface area contributed by atoms with Gasteiger partial charge in [0.05, 0.1) is 11.6 Å². The molecule has 0 aliphatic heterocycles. The van der Waals surface area contributed by atoms with Gasteiger partial charge >= 0.3 is 5.97 Å². The second kappa shape index (κ2) is 8.16. The SMILES string of the molecule is CC(C)CC(Nc1ccc(C(=O)O)cc1)c1cc(-c2ccccc2)oc1C1CC1. The van der Waals surface area contributed by atoms with Crippen LogP contribution in [0.2, 0.25) is 0 Å². The Balaban J connectivity index is 1.67. The zero-order chi connectivity index (χ0) is 20.4. The topological polar surface area (TPSA) is 62.5 Å². The molecule has 1 aromatic heterocycles. The number of furan rings is 1. The molecule has 1 aliphatic rings. The van der Waals surface area contributed by atoms with Gasteiger partial charge in [0, 0.05) is 22.7 Å². The van der Waals surface area contributed by atoms with Gasteiger partial charge in [0.2, 0.25) is 0 Å². The third-order valence-corrected chi connectivity index (χ3v) is 5.35. The van der Waals surface area contributed by atoms with Crippen LogP contribution in [0.1, 0.15) is 66.8 Å². The van der Waals surface area contributed by atoms with Crippen LogP contribution in [0.5, 0.6) is 0 Å². The molecule has 3 aromatic rings. The average molecular weight is 389 g/mol. The van der Waals surface area contributed by atoms with Gasteiger partial charge < -0.3 is 14.8 Å². The normalized spacial score (nSPS) is 14.7. The van der Waals surface area contributed by atoms with Crippen molar-refractivity contribution >= 4 is 11.7 Å². The van der Waals surface area contributed by atoms with Crippen LogP contribution in [0.15, 0.2) is 65.1 Å². The summed E-state index contributed by atoms with van der Waals surface area (Å²) >= 11 is 0. The van der Waals surface area contributed by atoms with Crippen LogP contribution in [-0.2, 0) is 0 Å². The Morgan fingerprint density at radius 3 is 2.38 bits per heavy atom. The van der Waals surface area contributed by atoms with Gasteiger partial charge in [0.1, 0.15) is 11.5 Å². The number of hydrogen-bond donors (Lipinski definition) is 2. The number of nitrogens with one attached hydrogen (secondary N) is 1. The lowest BCUT2D eigenvalue weighted by atomic mass is 9.95. The molecule has 1 unspecified atom stereocenters. The number of rotatable bonds is 8. The highest BCUT2D eigenvalue weighted by molar-refractivity contribution is 5.88. The van der Waals surface area contributed by atoms with E-state index in [1.54, 1.807) is 12.1 Å². The molecule has 1 atom stereocenters. The fourth-order valence-corrected chi connectivity index (χ4v) is 3.75. The van der Waals surface area contributed by atoms with E-state index in [9.17, 15) is 4.79 Å². The van der Waals surface area contributed by atoms with Gasteiger partial charge in [-0.25, -0.2) is 4.79 Å². The molecular weight excluding hydrogens is 362 g/mol. The van der Waals surface area contributed by atoms with Crippen molar-refractivity contribution in [2.75, 3.05) is 5.32 Å². The molecule has 2 aromatic carbocycles. The number of carbonyl (C=O) groups is 1. The monoisotopic (exact) mass is 389 g/mol. The summed E-state index contributed by atoms with van der Waals surface area (Å²) < 4.78 is 6.36.